The summed E-state index contributed by atoms with van der Waals surface area (Å²) >= 11 is 0. The van der Waals surface area contributed by atoms with E-state index in [2.05, 4.69) is 13.2 Å². The molecule has 0 aromatic rings. The Morgan fingerprint density at radius 2 is 1.93 bits per heavy atom. The minimum atomic E-state index is -0.931. The first kappa shape index (κ1) is 10.6. The van der Waals surface area contributed by atoms with Crippen molar-refractivity contribution in [3.63, 3.8) is 0 Å². The van der Waals surface area contributed by atoms with Crippen LogP contribution in [0.3, 0.4) is 0 Å². The highest BCUT2D eigenvalue weighted by atomic mass is 16.7. The van der Waals surface area contributed by atoms with Crippen LogP contribution in [0.4, 0.5) is 0 Å². The Kier molecular flexibility index (Phi) is 3.12. The molecule has 0 bridgehead atoms. The van der Waals surface area contributed by atoms with Crippen molar-refractivity contribution in [3.05, 3.63) is 37.1 Å². The monoisotopic (exact) mass is 194 g/mol. The van der Waals surface area contributed by atoms with Crippen LogP contribution in [0.2, 0.25) is 0 Å². The highest BCUT2D eigenvalue weighted by molar-refractivity contribution is 5.83. The molecule has 0 N–H and O–H groups in total. The van der Waals surface area contributed by atoms with E-state index >= 15 is 0 Å². The molecule has 1 rings (SSSR count). The Morgan fingerprint density at radius 1 is 1.36 bits per heavy atom. The van der Waals surface area contributed by atoms with Gasteiger partial charge < -0.3 is 9.47 Å². The average molecular weight is 194 g/mol. The van der Waals surface area contributed by atoms with Crippen LogP contribution >= 0.6 is 0 Å². The zero-order chi connectivity index (χ0) is 10.6. The summed E-state index contributed by atoms with van der Waals surface area (Å²) in [5, 5.41) is 0. The second kappa shape index (κ2) is 4.13. The minimum absolute atomic E-state index is 0.377. The lowest BCUT2D eigenvalue weighted by atomic mass is 10.1. The number of rotatable bonds is 4. The van der Waals surface area contributed by atoms with Crippen molar-refractivity contribution in [1.82, 2.24) is 0 Å². The molecule has 0 amide bonds. The van der Waals surface area contributed by atoms with E-state index in [9.17, 15) is 4.79 Å². The lowest BCUT2D eigenvalue weighted by molar-refractivity contribution is -0.217. The van der Waals surface area contributed by atoms with Gasteiger partial charge in [-0.3, -0.25) is 0 Å². The summed E-state index contributed by atoms with van der Waals surface area (Å²) in [5.41, 5.74) is 0. The number of allylic oxidation sites excluding steroid dienone is 1. The Bertz CT molecular complexity index is 279. The Hall–Kier alpha value is -1.51. The fourth-order valence-corrected chi connectivity index (χ4v) is 1.41. The van der Waals surface area contributed by atoms with Crippen LogP contribution in [-0.4, -0.2) is 11.8 Å². The summed E-state index contributed by atoms with van der Waals surface area (Å²) in [4.78, 5) is 11.2. The third-order valence-electron chi connectivity index (χ3n) is 1.87. The van der Waals surface area contributed by atoms with Crippen LogP contribution in [0, 0.1) is 0 Å². The maximum atomic E-state index is 11.2. The van der Waals surface area contributed by atoms with Crippen LogP contribution in [0.15, 0.2) is 37.1 Å². The number of carbonyl (C=O) groups excluding carboxylic acids is 1. The lowest BCUT2D eigenvalue weighted by Gasteiger charge is -2.34. The van der Waals surface area contributed by atoms with Gasteiger partial charge in [0.1, 0.15) is 5.76 Å². The molecule has 3 heteroatoms. The predicted molar refractivity (Wildman–Crippen MR) is 53.3 cm³/mol. The van der Waals surface area contributed by atoms with Gasteiger partial charge in [-0.25, -0.2) is 4.79 Å². The van der Waals surface area contributed by atoms with E-state index < -0.39 is 5.79 Å². The first-order valence-electron chi connectivity index (χ1n) is 4.44. The fraction of sp³-hybridized carbons (Fsp3) is 0.364. The quantitative estimate of drug-likeness (QED) is 0.509. The summed E-state index contributed by atoms with van der Waals surface area (Å²) in [6.45, 7) is 8.94. The summed E-state index contributed by atoms with van der Waals surface area (Å²) in [5.74, 6) is -0.748. The molecule has 0 radical (unpaired) electrons. The molecule has 0 aromatic heterocycles. The van der Waals surface area contributed by atoms with Crippen LogP contribution in [-0.2, 0) is 14.3 Å². The number of carbonyl (C=O) groups is 1. The van der Waals surface area contributed by atoms with Gasteiger partial charge in [0.25, 0.3) is 5.79 Å². The van der Waals surface area contributed by atoms with Gasteiger partial charge >= 0.3 is 5.97 Å². The zero-order valence-corrected chi connectivity index (χ0v) is 8.29. The molecule has 1 aliphatic rings. The zero-order valence-electron chi connectivity index (χ0n) is 8.29. The third kappa shape index (κ3) is 2.25. The summed E-state index contributed by atoms with van der Waals surface area (Å²) < 4.78 is 10.6. The topological polar surface area (TPSA) is 35.5 Å². The van der Waals surface area contributed by atoms with Crippen LogP contribution in [0.25, 0.3) is 0 Å². The van der Waals surface area contributed by atoms with E-state index in [4.69, 9.17) is 9.47 Å². The Balaban J connectivity index is 2.88. The third-order valence-corrected chi connectivity index (χ3v) is 1.87. The van der Waals surface area contributed by atoms with E-state index in [1.807, 2.05) is 0 Å². The lowest BCUT2D eigenvalue weighted by Crippen LogP contribution is -2.39. The normalized spacial score (nSPS) is 18.9. The van der Waals surface area contributed by atoms with Gasteiger partial charge in [-0.2, -0.15) is 0 Å². The second-order valence-electron chi connectivity index (χ2n) is 3.17. The van der Waals surface area contributed by atoms with Gasteiger partial charge in [0.15, 0.2) is 0 Å². The van der Waals surface area contributed by atoms with Crippen molar-refractivity contribution in [2.24, 2.45) is 0 Å². The summed E-state index contributed by atoms with van der Waals surface area (Å²) in [6, 6.07) is 0. The van der Waals surface area contributed by atoms with Crippen molar-refractivity contribution >= 4 is 5.97 Å². The molecule has 1 aliphatic heterocycles. The molecule has 0 unspecified atom stereocenters. The van der Waals surface area contributed by atoms with Crippen LogP contribution < -0.4 is 0 Å². The van der Waals surface area contributed by atoms with Crippen LogP contribution in [0.5, 0.6) is 0 Å². The summed E-state index contributed by atoms with van der Waals surface area (Å²) in [7, 11) is 0. The molecule has 0 saturated carbocycles. The van der Waals surface area contributed by atoms with Crippen molar-refractivity contribution in [2.75, 3.05) is 0 Å². The van der Waals surface area contributed by atoms with E-state index in [0.29, 0.717) is 18.6 Å². The Morgan fingerprint density at radius 3 is 2.36 bits per heavy atom. The van der Waals surface area contributed by atoms with Crippen LogP contribution in [0.1, 0.15) is 19.8 Å². The fourth-order valence-electron chi connectivity index (χ4n) is 1.41. The molecular weight excluding hydrogens is 180 g/mol. The van der Waals surface area contributed by atoms with E-state index in [-0.39, 0.29) is 5.97 Å². The largest absolute Gasteiger partial charge is 0.456 e. The van der Waals surface area contributed by atoms with Gasteiger partial charge in [0, 0.05) is 12.8 Å². The molecule has 14 heavy (non-hydrogen) atoms. The van der Waals surface area contributed by atoms with E-state index in [0.717, 1.165) is 0 Å². The van der Waals surface area contributed by atoms with Crippen molar-refractivity contribution in [1.29, 1.82) is 0 Å². The standard InChI is InChI=1S/C11H14O3/c1-4-6-11(7-5-2)13-9(3)8-10(12)14-11/h4-5,8H,1-2,6-7H2,3H3. The first-order valence-corrected chi connectivity index (χ1v) is 4.44. The van der Waals surface area contributed by atoms with E-state index in [1.54, 1.807) is 19.1 Å². The molecule has 0 aromatic carbocycles. The number of ether oxygens (including phenoxy) is 2. The molecule has 0 saturated heterocycles. The smallest absolute Gasteiger partial charge is 0.337 e. The molecule has 0 fully saturated rings. The molecule has 0 spiro atoms. The highest BCUT2D eigenvalue weighted by Crippen LogP contribution is 2.30. The van der Waals surface area contributed by atoms with Gasteiger partial charge in [-0.05, 0) is 6.92 Å². The SMILES string of the molecule is C=CCC1(CC=C)OC(=O)C=C(C)O1. The molecule has 0 aliphatic carbocycles. The van der Waals surface area contributed by atoms with Crippen molar-refractivity contribution in [3.8, 4) is 0 Å². The molecule has 1 heterocycles. The number of esters is 1. The van der Waals surface area contributed by atoms with Crippen molar-refractivity contribution < 1.29 is 14.3 Å². The van der Waals surface area contributed by atoms with E-state index in [1.165, 1.54) is 6.08 Å². The maximum Gasteiger partial charge on any atom is 0.337 e. The summed E-state index contributed by atoms with van der Waals surface area (Å²) in [6.07, 6.45) is 5.56. The number of cyclic esters (lactones) is 1. The van der Waals surface area contributed by atoms with Gasteiger partial charge in [0.2, 0.25) is 0 Å². The predicted octanol–water partition coefficient (Wildman–Crippen LogP) is 2.31. The first-order chi connectivity index (χ1) is 6.62. The van der Waals surface area contributed by atoms with Gasteiger partial charge in [0.05, 0.1) is 6.08 Å². The van der Waals surface area contributed by atoms with Gasteiger partial charge in [-0.15, -0.1) is 13.2 Å². The van der Waals surface area contributed by atoms with Gasteiger partial charge in [-0.1, -0.05) is 12.2 Å². The minimum Gasteiger partial charge on any atom is -0.456 e. The molecular formula is C11H14O3. The highest BCUT2D eigenvalue weighted by Gasteiger charge is 2.36. The molecule has 3 nitrogen and oxygen atoms in total. The average Bonchev–Trinajstić information content (AvgIpc) is 2.02. The Labute approximate surface area is 83.7 Å². The van der Waals surface area contributed by atoms with Crippen molar-refractivity contribution in [2.45, 2.75) is 25.6 Å². The molecule has 76 valence electrons. The maximum absolute atomic E-state index is 11.2. The number of hydrogen-bond acceptors (Lipinski definition) is 3. The second-order valence-corrected chi connectivity index (χ2v) is 3.17. The number of hydrogen-bond donors (Lipinski definition) is 0. The molecule has 0 atom stereocenters.